The number of benzene rings is 1. The minimum absolute atomic E-state index is 0.130. The zero-order valence-electron chi connectivity index (χ0n) is 14.3. The fraction of sp³-hybridized carbons (Fsp3) is 0.353. The molecule has 1 aromatic heterocycles. The second-order valence-electron chi connectivity index (χ2n) is 6.19. The molecule has 2 rings (SSSR count). The Bertz CT molecular complexity index is 752. The molecule has 25 heavy (non-hydrogen) atoms. The lowest BCUT2D eigenvalue weighted by Gasteiger charge is -2.19. The quantitative estimate of drug-likeness (QED) is 0.793. The summed E-state index contributed by atoms with van der Waals surface area (Å²) in [4.78, 5) is 27.7. The maximum Gasteiger partial charge on any atom is 0.407 e. The minimum atomic E-state index is -0.572. The second-order valence-corrected chi connectivity index (χ2v) is 6.60. The molecule has 2 amide bonds. The van der Waals surface area contributed by atoms with E-state index in [-0.39, 0.29) is 18.8 Å². The van der Waals surface area contributed by atoms with Crippen molar-refractivity contribution in [3.8, 4) is 11.3 Å². The van der Waals surface area contributed by atoms with Crippen molar-refractivity contribution < 1.29 is 18.7 Å². The molecule has 2 aromatic rings. The minimum Gasteiger partial charge on any atom is -0.444 e. The number of carbonyl (C=O) groups excluding carboxylic acids is 2. The number of hydrogen-bond acceptors (Lipinski definition) is 5. The van der Waals surface area contributed by atoms with E-state index in [0.717, 1.165) is 0 Å². The van der Waals surface area contributed by atoms with Crippen molar-refractivity contribution in [2.24, 2.45) is 0 Å². The number of alkyl carbamates (subject to hydrolysis) is 1. The smallest absolute Gasteiger partial charge is 0.407 e. The van der Waals surface area contributed by atoms with Gasteiger partial charge in [-0.1, -0.05) is 23.7 Å². The van der Waals surface area contributed by atoms with Crippen molar-refractivity contribution >= 4 is 23.6 Å². The molecule has 0 fully saturated rings. The van der Waals surface area contributed by atoms with Crippen LogP contribution in [0.1, 0.15) is 31.3 Å². The molecule has 0 aliphatic heterocycles. The van der Waals surface area contributed by atoms with Crippen molar-refractivity contribution in [3.05, 3.63) is 41.4 Å². The van der Waals surface area contributed by atoms with Gasteiger partial charge in [0.15, 0.2) is 17.8 Å². The van der Waals surface area contributed by atoms with Crippen LogP contribution in [0.4, 0.5) is 4.79 Å². The Labute approximate surface area is 150 Å². The van der Waals surface area contributed by atoms with Crippen molar-refractivity contribution in [1.29, 1.82) is 0 Å². The van der Waals surface area contributed by atoms with E-state index in [9.17, 15) is 9.59 Å². The van der Waals surface area contributed by atoms with E-state index in [2.05, 4.69) is 15.6 Å². The molecule has 0 spiro atoms. The summed E-state index contributed by atoms with van der Waals surface area (Å²) >= 11 is 6.13. The van der Waals surface area contributed by atoms with Crippen LogP contribution in [-0.2, 0) is 4.74 Å². The molecular formula is C17H20ClN3O4. The third-order valence-corrected chi connectivity index (χ3v) is 3.31. The van der Waals surface area contributed by atoms with Crippen LogP contribution in [0, 0.1) is 0 Å². The van der Waals surface area contributed by atoms with Crippen molar-refractivity contribution in [3.63, 3.8) is 0 Å². The number of hydrogen-bond donors (Lipinski definition) is 2. The van der Waals surface area contributed by atoms with Crippen molar-refractivity contribution in [2.45, 2.75) is 26.4 Å². The summed E-state index contributed by atoms with van der Waals surface area (Å²) in [7, 11) is 0. The molecule has 134 valence electrons. The normalized spacial score (nSPS) is 11.0. The molecule has 0 atom stereocenters. The van der Waals surface area contributed by atoms with Gasteiger partial charge in [0.05, 0.1) is 5.02 Å². The number of nitrogens with one attached hydrogen (secondary N) is 2. The summed E-state index contributed by atoms with van der Waals surface area (Å²) in [5, 5.41) is 5.67. The first-order chi connectivity index (χ1) is 11.8. The summed E-state index contributed by atoms with van der Waals surface area (Å²) in [6.07, 6.45) is 0.645. The highest BCUT2D eigenvalue weighted by atomic mass is 35.5. The first-order valence-electron chi connectivity index (χ1n) is 7.71. The average molecular weight is 366 g/mol. The van der Waals surface area contributed by atoms with E-state index >= 15 is 0 Å². The second kappa shape index (κ2) is 8.02. The molecule has 1 heterocycles. The van der Waals surface area contributed by atoms with Gasteiger partial charge in [-0.3, -0.25) is 4.79 Å². The molecule has 8 heteroatoms. The van der Waals surface area contributed by atoms with Crippen LogP contribution in [0.25, 0.3) is 11.3 Å². The molecule has 2 N–H and O–H groups in total. The fourth-order valence-corrected chi connectivity index (χ4v) is 2.20. The number of ether oxygens (including phenoxy) is 1. The summed E-state index contributed by atoms with van der Waals surface area (Å²) in [5.41, 5.74) is 0.141. The van der Waals surface area contributed by atoms with E-state index in [1.165, 1.54) is 6.39 Å². The number of amides is 2. The zero-order valence-corrected chi connectivity index (χ0v) is 15.0. The Hall–Kier alpha value is -2.54. The molecule has 0 aliphatic carbocycles. The predicted octanol–water partition coefficient (Wildman–Crippen LogP) is 3.25. The Balaban J connectivity index is 1.90. The molecule has 0 saturated carbocycles. The molecular weight excluding hydrogens is 346 g/mol. The van der Waals surface area contributed by atoms with E-state index in [0.29, 0.717) is 16.3 Å². The zero-order chi connectivity index (χ0) is 18.4. The van der Waals surface area contributed by atoms with Gasteiger partial charge in [0.2, 0.25) is 0 Å². The Kier molecular flexibility index (Phi) is 6.03. The van der Waals surface area contributed by atoms with Crippen molar-refractivity contribution in [1.82, 2.24) is 15.6 Å². The van der Waals surface area contributed by atoms with Crippen LogP contribution in [0.2, 0.25) is 5.02 Å². The van der Waals surface area contributed by atoms with Gasteiger partial charge >= 0.3 is 6.09 Å². The lowest BCUT2D eigenvalue weighted by molar-refractivity contribution is 0.0526. The van der Waals surface area contributed by atoms with Gasteiger partial charge in [-0.25, -0.2) is 9.78 Å². The summed E-state index contributed by atoms with van der Waals surface area (Å²) in [5.74, 6) is -0.127. The van der Waals surface area contributed by atoms with Gasteiger partial charge in [0, 0.05) is 18.7 Å². The van der Waals surface area contributed by atoms with E-state index in [4.69, 9.17) is 20.8 Å². The third kappa shape index (κ3) is 5.49. The molecule has 0 radical (unpaired) electrons. The highest BCUT2D eigenvalue weighted by Gasteiger charge is 2.20. The van der Waals surface area contributed by atoms with E-state index in [1.807, 2.05) is 0 Å². The molecule has 1 aromatic carbocycles. The average Bonchev–Trinajstić information content (AvgIpc) is 2.99. The van der Waals surface area contributed by atoms with Crippen LogP contribution in [0.3, 0.4) is 0 Å². The SMILES string of the molecule is CC(C)(C)OC(=O)NCCNC(=O)c1ncoc1-c1ccccc1Cl. The van der Waals surface area contributed by atoms with Crippen LogP contribution < -0.4 is 10.6 Å². The predicted molar refractivity (Wildman–Crippen MR) is 93.5 cm³/mol. The summed E-state index contributed by atoms with van der Waals surface area (Å²) in [6, 6.07) is 7.01. The van der Waals surface area contributed by atoms with E-state index < -0.39 is 17.6 Å². The number of halogens is 1. The van der Waals surface area contributed by atoms with Gasteiger partial charge < -0.3 is 19.8 Å². The van der Waals surface area contributed by atoms with Crippen LogP contribution >= 0.6 is 11.6 Å². The molecule has 0 bridgehead atoms. The maximum atomic E-state index is 12.3. The van der Waals surface area contributed by atoms with Gasteiger partial charge in [0.1, 0.15) is 5.60 Å². The van der Waals surface area contributed by atoms with E-state index in [1.54, 1.807) is 45.0 Å². The first-order valence-corrected chi connectivity index (χ1v) is 8.09. The molecule has 0 aliphatic rings. The summed E-state index contributed by atoms with van der Waals surface area (Å²) in [6.45, 7) is 5.76. The highest BCUT2D eigenvalue weighted by molar-refractivity contribution is 6.33. The Morgan fingerprint density at radius 1 is 1.20 bits per heavy atom. The van der Waals surface area contributed by atoms with Crippen molar-refractivity contribution in [2.75, 3.05) is 13.1 Å². The van der Waals surface area contributed by atoms with Crippen LogP contribution in [0.15, 0.2) is 35.1 Å². The number of nitrogens with zero attached hydrogens (tertiary/aromatic N) is 1. The number of rotatable bonds is 5. The molecule has 7 nitrogen and oxygen atoms in total. The standard InChI is InChI=1S/C17H20ClN3O4/c1-17(2,3)25-16(23)20-9-8-19-15(22)13-14(24-10-21-13)11-6-4-5-7-12(11)18/h4-7,10H,8-9H2,1-3H3,(H,19,22)(H,20,23). The summed E-state index contributed by atoms with van der Waals surface area (Å²) < 4.78 is 10.4. The Morgan fingerprint density at radius 3 is 2.56 bits per heavy atom. The van der Waals surface area contributed by atoms with Crippen LogP contribution in [0.5, 0.6) is 0 Å². The van der Waals surface area contributed by atoms with Gasteiger partial charge in [0.25, 0.3) is 5.91 Å². The van der Waals surface area contributed by atoms with Gasteiger partial charge in [-0.2, -0.15) is 0 Å². The molecule has 0 saturated heterocycles. The largest absolute Gasteiger partial charge is 0.444 e. The topological polar surface area (TPSA) is 93.5 Å². The number of oxazole rings is 1. The monoisotopic (exact) mass is 365 g/mol. The van der Waals surface area contributed by atoms with Gasteiger partial charge in [-0.05, 0) is 32.9 Å². The fourth-order valence-electron chi connectivity index (χ4n) is 1.98. The number of aromatic nitrogens is 1. The Morgan fingerprint density at radius 2 is 1.88 bits per heavy atom. The van der Waals surface area contributed by atoms with Gasteiger partial charge in [-0.15, -0.1) is 0 Å². The van der Waals surface area contributed by atoms with Crippen LogP contribution in [-0.4, -0.2) is 35.7 Å². The highest BCUT2D eigenvalue weighted by Crippen LogP contribution is 2.29. The maximum absolute atomic E-state index is 12.3. The lowest BCUT2D eigenvalue weighted by atomic mass is 10.1. The molecule has 0 unspecified atom stereocenters. The first kappa shape index (κ1) is 18.8. The third-order valence-electron chi connectivity index (χ3n) is 2.98. The number of carbonyl (C=O) groups is 2. The lowest BCUT2D eigenvalue weighted by Crippen LogP contribution is -2.38.